The zero-order valence-electron chi connectivity index (χ0n) is 17.7. The lowest BCUT2D eigenvalue weighted by Gasteiger charge is -2.30. The van der Waals surface area contributed by atoms with Crippen LogP contribution in [0.2, 0.25) is 0 Å². The number of hydrogen-bond acceptors (Lipinski definition) is 6. The molecule has 0 aromatic heterocycles. The Morgan fingerprint density at radius 3 is 2.27 bits per heavy atom. The van der Waals surface area contributed by atoms with Crippen molar-refractivity contribution in [3.8, 4) is 11.5 Å². The highest BCUT2D eigenvalue weighted by Crippen LogP contribution is 2.21. The van der Waals surface area contributed by atoms with Crippen molar-refractivity contribution < 1.29 is 23.0 Å². The van der Waals surface area contributed by atoms with E-state index in [1.807, 2.05) is 0 Å². The summed E-state index contributed by atoms with van der Waals surface area (Å²) in [5.41, 5.74) is 2.38. The number of ether oxygens (including phenoxy) is 2. The molecule has 0 saturated carbocycles. The molecule has 0 radical (unpaired) electrons. The lowest BCUT2D eigenvalue weighted by atomic mass is 10.1. The monoisotopic (exact) mass is 433 g/mol. The zero-order valence-corrected chi connectivity index (χ0v) is 18.5. The van der Waals surface area contributed by atoms with E-state index in [2.05, 4.69) is 36.1 Å². The Bertz CT molecular complexity index is 896. The van der Waals surface area contributed by atoms with Crippen LogP contribution in [-0.2, 0) is 22.8 Å². The van der Waals surface area contributed by atoms with Crippen molar-refractivity contribution in [2.75, 3.05) is 31.8 Å². The minimum atomic E-state index is -3.01. The SMILES string of the molecule is CCc1ccc(CN(CC(O)COc2ccc(OC)cc2)C2CCS(=O)(=O)C2)cc1. The van der Waals surface area contributed by atoms with Crippen molar-refractivity contribution in [1.29, 1.82) is 0 Å². The largest absolute Gasteiger partial charge is 0.497 e. The molecule has 0 bridgehead atoms. The van der Waals surface area contributed by atoms with E-state index >= 15 is 0 Å². The fraction of sp³-hybridized carbons (Fsp3) is 0.478. The molecular weight excluding hydrogens is 402 g/mol. The Labute approximate surface area is 179 Å². The van der Waals surface area contributed by atoms with Crippen molar-refractivity contribution in [2.24, 2.45) is 0 Å². The van der Waals surface area contributed by atoms with Crippen LogP contribution in [0.25, 0.3) is 0 Å². The summed E-state index contributed by atoms with van der Waals surface area (Å²) in [6.45, 7) is 3.20. The highest BCUT2D eigenvalue weighted by atomic mass is 32.2. The van der Waals surface area contributed by atoms with Gasteiger partial charge in [0.25, 0.3) is 0 Å². The molecule has 1 N–H and O–H groups in total. The number of nitrogens with zero attached hydrogens (tertiary/aromatic N) is 1. The molecule has 2 aromatic carbocycles. The third-order valence-corrected chi connectivity index (χ3v) is 7.24. The highest BCUT2D eigenvalue weighted by molar-refractivity contribution is 7.91. The normalized spacial score (nSPS) is 19.0. The van der Waals surface area contributed by atoms with E-state index in [1.54, 1.807) is 31.4 Å². The summed E-state index contributed by atoms with van der Waals surface area (Å²) in [5, 5.41) is 10.6. The van der Waals surface area contributed by atoms with E-state index in [0.717, 1.165) is 17.7 Å². The van der Waals surface area contributed by atoms with E-state index in [-0.39, 0.29) is 24.2 Å². The standard InChI is InChI=1S/C23H31NO5S/c1-3-18-4-6-19(7-5-18)14-24(20-12-13-30(26,27)17-20)15-21(25)16-29-23-10-8-22(28-2)9-11-23/h4-11,20-21,25H,3,12-17H2,1-2H3. The third-order valence-electron chi connectivity index (χ3n) is 5.49. The van der Waals surface area contributed by atoms with Gasteiger partial charge in [0.1, 0.15) is 24.2 Å². The van der Waals surface area contributed by atoms with Crippen molar-refractivity contribution in [3.63, 3.8) is 0 Å². The second-order valence-corrected chi connectivity index (χ2v) is 10.0. The van der Waals surface area contributed by atoms with Crippen LogP contribution in [0, 0.1) is 0 Å². The Morgan fingerprint density at radius 1 is 1.07 bits per heavy atom. The van der Waals surface area contributed by atoms with Gasteiger partial charge >= 0.3 is 0 Å². The van der Waals surface area contributed by atoms with Crippen LogP contribution >= 0.6 is 0 Å². The molecule has 0 aliphatic carbocycles. The van der Waals surface area contributed by atoms with Crippen molar-refractivity contribution in [1.82, 2.24) is 4.90 Å². The summed E-state index contributed by atoms with van der Waals surface area (Å²) in [6, 6.07) is 15.5. The average Bonchev–Trinajstić information content (AvgIpc) is 3.12. The van der Waals surface area contributed by atoms with Gasteiger partial charge in [0, 0.05) is 19.1 Å². The number of aryl methyl sites for hydroxylation is 1. The number of benzene rings is 2. The maximum atomic E-state index is 12.0. The van der Waals surface area contributed by atoms with Crippen LogP contribution in [0.3, 0.4) is 0 Å². The lowest BCUT2D eigenvalue weighted by molar-refractivity contribution is 0.0524. The number of rotatable bonds is 10. The molecule has 1 fully saturated rings. The van der Waals surface area contributed by atoms with Gasteiger partial charge in [0.05, 0.1) is 18.6 Å². The molecular formula is C23H31NO5S. The van der Waals surface area contributed by atoms with Gasteiger partial charge in [0.15, 0.2) is 9.84 Å². The van der Waals surface area contributed by atoms with Crippen LogP contribution in [0.5, 0.6) is 11.5 Å². The third kappa shape index (κ3) is 6.45. The van der Waals surface area contributed by atoms with Gasteiger partial charge in [-0.15, -0.1) is 0 Å². The van der Waals surface area contributed by atoms with Crippen LogP contribution in [0.4, 0.5) is 0 Å². The lowest BCUT2D eigenvalue weighted by Crippen LogP contribution is -2.42. The number of sulfone groups is 1. The average molecular weight is 434 g/mol. The summed E-state index contributed by atoms with van der Waals surface area (Å²) in [7, 11) is -1.40. The quantitative estimate of drug-likeness (QED) is 0.621. The fourth-order valence-electron chi connectivity index (χ4n) is 3.71. The summed E-state index contributed by atoms with van der Waals surface area (Å²) >= 11 is 0. The van der Waals surface area contributed by atoms with Crippen LogP contribution < -0.4 is 9.47 Å². The molecule has 0 spiro atoms. The first-order valence-electron chi connectivity index (χ1n) is 10.4. The first-order chi connectivity index (χ1) is 14.4. The number of hydrogen-bond donors (Lipinski definition) is 1. The molecule has 30 heavy (non-hydrogen) atoms. The predicted molar refractivity (Wildman–Crippen MR) is 118 cm³/mol. The fourth-order valence-corrected chi connectivity index (χ4v) is 5.47. The van der Waals surface area contributed by atoms with Gasteiger partial charge in [-0.05, 0) is 48.2 Å². The molecule has 6 nitrogen and oxygen atoms in total. The first kappa shape index (κ1) is 22.6. The van der Waals surface area contributed by atoms with Crippen molar-refractivity contribution in [2.45, 2.75) is 38.5 Å². The molecule has 1 heterocycles. The zero-order chi connectivity index (χ0) is 21.6. The van der Waals surface area contributed by atoms with E-state index in [0.29, 0.717) is 25.3 Å². The van der Waals surface area contributed by atoms with Gasteiger partial charge in [-0.1, -0.05) is 31.2 Å². The Hall–Kier alpha value is -2.09. The van der Waals surface area contributed by atoms with E-state index < -0.39 is 15.9 Å². The molecule has 1 saturated heterocycles. The Balaban J connectivity index is 1.62. The predicted octanol–water partition coefficient (Wildman–Crippen LogP) is 2.69. The second kappa shape index (κ2) is 10.3. The van der Waals surface area contributed by atoms with E-state index in [1.165, 1.54) is 5.56 Å². The summed E-state index contributed by atoms with van der Waals surface area (Å²) in [5.74, 6) is 1.75. The first-order valence-corrected chi connectivity index (χ1v) is 12.2. The summed E-state index contributed by atoms with van der Waals surface area (Å²) in [4.78, 5) is 2.08. The van der Waals surface area contributed by atoms with E-state index in [9.17, 15) is 13.5 Å². The molecule has 2 aromatic rings. The number of methoxy groups -OCH3 is 1. The molecule has 164 valence electrons. The maximum absolute atomic E-state index is 12.0. The molecule has 2 unspecified atom stereocenters. The van der Waals surface area contributed by atoms with Gasteiger partial charge in [-0.25, -0.2) is 8.42 Å². The molecule has 7 heteroatoms. The van der Waals surface area contributed by atoms with Gasteiger partial charge in [-0.3, -0.25) is 4.90 Å². The smallest absolute Gasteiger partial charge is 0.151 e. The minimum absolute atomic E-state index is 0.0866. The van der Waals surface area contributed by atoms with Crippen molar-refractivity contribution in [3.05, 3.63) is 59.7 Å². The van der Waals surface area contributed by atoms with Gasteiger partial charge in [-0.2, -0.15) is 0 Å². The van der Waals surface area contributed by atoms with Crippen LogP contribution in [0.1, 0.15) is 24.5 Å². The number of aliphatic hydroxyl groups excluding tert-OH is 1. The Morgan fingerprint density at radius 2 is 1.70 bits per heavy atom. The van der Waals surface area contributed by atoms with Gasteiger partial charge < -0.3 is 14.6 Å². The van der Waals surface area contributed by atoms with Crippen LogP contribution in [0.15, 0.2) is 48.5 Å². The molecule has 0 amide bonds. The topological polar surface area (TPSA) is 76.1 Å². The minimum Gasteiger partial charge on any atom is -0.497 e. The van der Waals surface area contributed by atoms with E-state index in [4.69, 9.17) is 9.47 Å². The summed E-state index contributed by atoms with van der Waals surface area (Å²) < 4.78 is 34.8. The molecule has 1 aliphatic rings. The maximum Gasteiger partial charge on any atom is 0.151 e. The molecule has 1 aliphatic heterocycles. The molecule has 2 atom stereocenters. The summed E-state index contributed by atoms with van der Waals surface area (Å²) in [6.07, 6.45) is 0.846. The van der Waals surface area contributed by atoms with Crippen molar-refractivity contribution >= 4 is 9.84 Å². The van der Waals surface area contributed by atoms with Gasteiger partial charge in [0.2, 0.25) is 0 Å². The second-order valence-electron chi connectivity index (χ2n) is 7.80. The highest BCUT2D eigenvalue weighted by Gasteiger charge is 2.33. The number of aliphatic hydroxyl groups is 1. The Kier molecular flexibility index (Phi) is 7.75. The van der Waals surface area contributed by atoms with Crippen LogP contribution in [-0.4, -0.2) is 62.3 Å². The molecule has 3 rings (SSSR count).